The zero-order chi connectivity index (χ0) is 11.6. The summed E-state index contributed by atoms with van der Waals surface area (Å²) in [4.78, 5) is 30.7. The molecule has 2 unspecified atom stereocenters. The van der Waals surface area contributed by atoms with E-state index in [0.29, 0.717) is 0 Å². The van der Waals surface area contributed by atoms with E-state index in [1.165, 1.54) is 0 Å². The summed E-state index contributed by atoms with van der Waals surface area (Å²) in [5.74, 6) is -0.772. The summed E-state index contributed by atoms with van der Waals surface area (Å²) >= 11 is 5.21. The molecule has 7 nitrogen and oxygen atoms in total. The Bertz CT molecular complexity index is 254. The third-order valence-corrected chi connectivity index (χ3v) is 2.88. The third kappa shape index (κ3) is 2.85. The molecule has 1 rings (SSSR count). The highest BCUT2D eigenvalue weighted by atomic mass is 35.5. The van der Waals surface area contributed by atoms with E-state index in [-0.39, 0.29) is 19.3 Å². The second kappa shape index (κ2) is 4.52. The van der Waals surface area contributed by atoms with Gasteiger partial charge in [0, 0.05) is 28.6 Å². The minimum atomic E-state index is -1.04. The van der Waals surface area contributed by atoms with Gasteiger partial charge < -0.3 is 0 Å². The van der Waals surface area contributed by atoms with Gasteiger partial charge in [0.15, 0.2) is 0 Å². The van der Waals surface area contributed by atoms with Crippen molar-refractivity contribution in [1.82, 2.24) is 0 Å². The Morgan fingerprint density at radius 3 is 1.73 bits per heavy atom. The molecule has 0 bridgehead atoms. The number of hydrogen-bond donors (Lipinski definition) is 0. The van der Waals surface area contributed by atoms with Crippen molar-refractivity contribution in [2.24, 2.45) is 5.92 Å². The van der Waals surface area contributed by atoms with Gasteiger partial charge in [-0.3, -0.25) is 25.0 Å². The first-order valence-electron chi connectivity index (χ1n) is 4.38. The van der Waals surface area contributed by atoms with Crippen molar-refractivity contribution in [2.75, 3.05) is 0 Å². The number of carbonyl (C=O) groups is 1. The van der Waals surface area contributed by atoms with Crippen LogP contribution in [0.1, 0.15) is 19.3 Å². The van der Waals surface area contributed by atoms with Crippen LogP contribution < -0.4 is 0 Å². The van der Waals surface area contributed by atoms with Crippen LogP contribution in [-0.4, -0.2) is 27.2 Å². The molecule has 1 saturated carbocycles. The monoisotopic (exact) mass is 236 g/mol. The van der Waals surface area contributed by atoms with E-state index < -0.39 is 33.1 Å². The topological polar surface area (TPSA) is 103 Å². The predicted octanol–water partition coefficient (Wildman–Crippen LogP) is 0.842. The summed E-state index contributed by atoms with van der Waals surface area (Å²) < 4.78 is 0. The van der Waals surface area contributed by atoms with E-state index in [2.05, 4.69) is 0 Å². The van der Waals surface area contributed by atoms with Crippen LogP contribution in [0.5, 0.6) is 0 Å². The van der Waals surface area contributed by atoms with Crippen molar-refractivity contribution < 1.29 is 14.6 Å². The van der Waals surface area contributed by atoms with Crippen LogP contribution in [0.15, 0.2) is 0 Å². The Balaban J connectivity index is 2.77. The number of nitrogens with zero attached hydrogens (tertiary/aromatic N) is 2. The fraction of sp³-hybridized carbons (Fsp3) is 0.857. The highest BCUT2D eigenvalue weighted by Gasteiger charge is 2.43. The van der Waals surface area contributed by atoms with Crippen molar-refractivity contribution >= 4 is 16.8 Å². The Hall–Kier alpha value is -1.24. The van der Waals surface area contributed by atoms with Crippen molar-refractivity contribution in [3.05, 3.63) is 20.2 Å². The second-order valence-corrected chi connectivity index (χ2v) is 3.96. The Labute approximate surface area is 89.7 Å². The Morgan fingerprint density at radius 1 is 1.07 bits per heavy atom. The number of hydrogen-bond acceptors (Lipinski definition) is 5. The highest BCUT2D eigenvalue weighted by molar-refractivity contribution is 6.64. The predicted molar refractivity (Wildman–Crippen MR) is 49.8 cm³/mol. The Morgan fingerprint density at radius 2 is 1.47 bits per heavy atom. The van der Waals surface area contributed by atoms with E-state index in [4.69, 9.17) is 11.6 Å². The number of carbonyl (C=O) groups excluding carboxylic acids is 1. The lowest BCUT2D eigenvalue weighted by molar-refractivity contribution is -0.569. The largest absolute Gasteiger partial charge is 0.281 e. The molecule has 15 heavy (non-hydrogen) atoms. The first-order valence-corrected chi connectivity index (χ1v) is 4.76. The standard InChI is InChI=1S/C7H9ClN2O5/c8-7(11)4-1-5(9(12)13)3-6(2-4)10(14)15/h4-6H,1-3H2. The molecule has 0 spiro atoms. The van der Waals surface area contributed by atoms with E-state index in [0.717, 1.165) is 0 Å². The summed E-state index contributed by atoms with van der Waals surface area (Å²) in [5, 5.41) is 20.3. The van der Waals surface area contributed by atoms with Crippen molar-refractivity contribution in [3.63, 3.8) is 0 Å². The maximum Gasteiger partial charge on any atom is 0.225 e. The molecule has 0 aromatic rings. The molecule has 84 valence electrons. The second-order valence-electron chi connectivity index (χ2n) is 3.59. The molecule has 0 aliphatic heterocycles. The zero-order valence-corrected chi connectivity index (χ0v) is 8.42. The zero-order valence-electron chi connectivity index (χ0n) is 7.67. The van der Waals surface area contributed by atoms with Crippen LogP contribution in [0.25, 0.3) is 0 Å². The minimum absolute atomic E-state index is 0.000324. The molecular formula is C7H9ClN2O5. The van der Waals surface area contributed by atoms with Gasteiger partial charge in [0.1, 0.15) is 0 Å². The lowest BCUT2D eigenvalue weighted by atomic mass is 9.83. The molecule has 2 atom stereocenters. The van der Waals surface area contributed by atoms with Crippen LogP contribution in [0, 0.1) is 26.1 Å². The third-order valence-electron chi connectivity index (χ3n) is 2.57. The molecule has 0 saturated heterocycles. The summed E-state index contributed by atoms with van der Waals surface area (Å²) in [6, 6.07) is -2.08. The van der Waals surface area contributed by atoms with E-state index in [1.807, 2.05) is 0 Å². The first kappa shape index (κ1) is 11.8. The molecular weight excluding hydrogens is 228 g/mol. The quantitative estimate of drug-likeness (QED) is 0.410. The fourth-order valence-electron chi connectivity index (χ4n) is 1.79. The molecule has 0 radical (unpaired) electrons. The molecule has 8 heteroatoms. The number of halogens is 1. The average Bonchev–Trinajstić information content (AvgIpc) is 2.16. The maximum atomic E-state index is 10.9. The molecule has 0 aromatic carbocycles. The highest BCUT2D eigenvalue weighted by Crippen LogP contribution is 2.29. The molecule has 1 aliphatic rings. The van der Waals surface area contributed by atoms with E-state index >= 15 is 0 Å². The van der Waals surface area contributed by atoms with Crippen LogP contribution >= 0.6 is 11.6 Å². The lowest BCUT2D eigenvalue weighted by Crippen LogP contribution is -2.40. The molecule has 0 aromatic heterocycles. The van der Waals surface area contributed by atoms with Gasteiger partial charge in [-0.2, -0.15) is 0 Å². The van der Waals surface area contributed by atoms with Gasteiger partial charge >= 0.3 is 0 Å². The Kier molecular flexibility index (Phi) is 3.57. The van der Waals surface area contributed by atoms with Crippen LogP contribution in [0.4, 0.5) is 0 Å². The average molecular weight is 237 g/mol. The molecule has 1 fully saturated rings. The van der Waals surface area contributed by atoms with Gasteiger partial charge in [0.2, 0.25) is 17.3 Å². The van der Waals surface area contributed by atoms with Gasteiger partial charge in [-0.1, -0.05) is 0 Å². The lowest BCUT2D eigenvalue weighted by Gasteiger charge is -2.23. The van der Waals surface area contributed by atoms with Crippen molar-refractivity contribution in [2.45, 2.75) is 31.3 Å². The van der Waals surface area contributed by atoms with E-state index in [1.54, 1.807) is 0 Å². The van der Waals surface area contributed by atoms with E-state index in [9.17, 15) is 25.0 Å². The summed E-state index contributed by atoms with van der Waals surface area (Å²) in [5.41, 5.74) is 0. The first-order chi connectivity index (χ1) is 6.91. The van der Waals surface area contributed by atoms with Crippen LogP contribution in [0.3, 0.4) is 0 Å². The molecule has 1 aliphatic carbocycles. The molecule has 0 amide bonds. The van der Waals surface area contributed by atoms with Crippen LogP contribution in [-0.2, 0) is 4.79 Å². The number of nitro groups is 2. The van der Waals surface area contributed by atoms with Gasteiger partial charge in [-0.05, 0) is 11.6 Å². The molecule has 0 N–H and O–H groups in total. The normalized spacial score (nSPS) is 30.9. The minimum Gasteiger partial charge on any atom is -0.281 e. The smallest absolute Gasteiger partial charge is 0.225 e. The van der Waals surface area contributed by atoms with Gasteiger partial charge in [0.05, 0.1) is 6.42 Å². The maximum absolute atomic E-state index is 10.9. The summed E-state index contributed by atoms with van der Waals surface area (Å²) in [7, 11) is 0. The SMILES string of the molecule is O=C(Cl)C1CC([N+](=O)[O-])CC([N+](=O)[O-])C1. The summed E-state index contributed by atoms with van der Waals surface area (Å²) in [6.07, 6.45) is -0.125. The number of rotatable bonds is 3. The van der Waals surface area contributed by atoms with Crippen molar-refractivity contribution in [1.29, 1.82) is 0 Å². The van der Waals surface area contributed by atoms with Gasteiger partial charge in [-0.25, -0.2) is 0 Å². The molecule has 0 heterocycles. The fourth-order valence-corrected chi connectivity index (χ4v) is 1.97. The van der Waals surface area contributed by atoms with Crippen LogP contribution in [0.2, 0.25) is 0 Å². The van der Waals surface area contributed by atoms with Gasteiger partial charge in [0.25, 0.3) is 0 Å². The van der Waals surface area contributed by atoms with Gasteiger partial charge in [-0.15, -0.1) is 0 Å². The summed E-state index contributed by atoms with van der Waals surface area (Å²) in [6.45, 7) is 0. The van der Waals surface area contributed by atoms with Crippen molar-refractivity contribution in [3.8, 4) is 0 Å².